The van der Waals surface area contributed by atoms with Gasteiger partial charge < -0.3 is 15.1 Å². The highest BCUT2D eigenvalue weighted by Gasteiger charge is 2.31. The largest absolute Gasteiger partial charge is 0.354 e. The smallest absolute Gasteiger partial charge is 0.268 e. The van der Waals surface area contributed by atoms with Gasteiger partial charge in [-0.05, 0) is 61.9 Å². The Morgan fingerprint density at radius 2 is 1.74 bits per heavy atom. The van der Waals surface area contributed by atoms with Crippen molar-refractivity contribution in [1.29, 1.82) is 5.26 Å². The molecule has 1 saturated heterocycles. The Labute approximate surface area is 253 Å². The van der Waals surface area contributed by atoms with Crippen LogP contribution in [0.4, 0.5) is 21.0 Å². The average Bonchev–Trinajstić information content (AvgIpc) is 3.61. The van der Waals surface area contributed by atoms with Gasteiger partial charge >= 0.3 is 0 Å². The summed E-state index contributed by atoms with van der Waals surface area (Å²) in [5, 5.41) is 13.8. The van der Waals surface area contributed by atoms with Crippen molar-refractivity contribution < 1.29 is 12.8 Å². The van der Waals surface area contributed by atoms with Gasteiger partial charge in [0.1, 0.15) is 33.8 Å². The summed E-state index contributed by atoms with van der Waals surface area (Å²) in [7, 11) is -2.18. The number of aromatic nitrogens is 3. The monoisotopic (exact) mass is 615 g/mol. The van der Waals surface area contributed by atoms with Crippen molar-refractivity contribution in [3.8, 4) is 17.3 Å². The first-order chi connectivity index (χ1) is 20.7. The minimum absolute atomic E-state index is 0.185. The number of benzene rings is 2. The van der Waals surface area contributed by atoms with E-state index in [1.54, 1.807) is 36.4 Å². The predicted molar refractivity (Wildman–Crippen MR) is 168 cm³/mol. The second-order valence-electron chi connectivity index (χ2n) is 10.4. The fourth-order valence-corrected chi connectivity index (χ4v) is 7.87. The fourth-order valence-electron chi connectivity index (χ4n) is 5.41. The van der Waals surface area contributed by atoms with Crippen molar-refractivity contribution in [2.45, 2.75) is 25.2 Å². The lowest BCUT2D eigenvalue weighted by atomic mass is 10.1. The van der Waals surface area contributed by atoms with E-state index in [1.807, 2.05) is 37.9 Å². The van der Waals surface area contributed by atoms with E-state index < -0.39 is 10.0 Å². The van der Waals surface area contributed by atoms with Gasteiger partial charge in [0.05, 0.1) is 21.8 Å². The number of hydrogen-bond donors (Lipinski definition) is 1. The van der Waals surface area contributed by atoms with Crippen LogP contribution in [0.5, 0.6) is 0 Å². The molecule has 9 nitrogen and oxygen atoms in total. The van der Waals surface area contributed by atoms with Crippen molar-refractivity contribution >= 4 is 49.0 Å². The minimum atomic E-state index is -3.99. The molecule has 6 rings (SSSR count). The van der Waals surface area contributed by atoms with Crippen molar-refractivity contribution in [3.05, 3.63) is 82.6 Å². The third-order valence-electron chi connectivity index (χ3n) is 7.61. The van der Waals surface area contributed by atoms with Crippen molar-refractivity contribution in [2.24, 2.45) is 0 Å². The first-order valence-corrected chi connectivity index (χ1v) is 16.2. The molecule has 220 valence electrons. The van der Waals surface area contributed by atoms with Gasteiger partial charge in [-0.3, -0.25) is 0 Å². The highest BCUT2D eigenvalue weighted by atomic mass is 32.2. The molecule has 3 aromatic heterocycles. The second-order valence-corrected chi connectivity index (χ2v) is 13.1. The molecule has 0 aliphatic carbocycles. The third-order valence-corrected chi connectivity index (χ3v) is 10.4. The zero-order valence-corrected chi connectivity index (χ0v) is 25.6. The van der Waals surface area contributed by atoms with Gasteiger partial charge in [0.2, 0.25) is 0 Å². The number of anilines is 3. The van der Waals surface area contributed by atoms with Crippen molar-refractivity contribution in [3.63, 3.8) is 0 Å². The average molecular weight is 616 g/mol. The van der Waals surface area contributed by atoms with E-state index in [0.29, 0.717) is 50.1 Å². The number of piperazine rings is 1. The fraction of sp³-hybridized carbons (Fsp3) is 0.258. The van der Waals surface area contributed by atoms with Crippen LogP contribution in [-0.2, 0) is 16.4 Å². The molecule has 1 fully saturated rings. The SMILES string of the molecule is CCc1c(N(C)c2nc(-c3ccc(F)cc3)c(C#N)s2)c2nc(N3CCNCC3)ccc2n1S(=O)(=O)c1ccc(C)cc1. The lowest BCUT2D eigenvalue weighted by molar-refractivity contribution is 0.585. The molecular formula is C31H30FN7O2S2. The quantitative estimate of drug-likeness (QED) is 0.258. The van der Waals surface area contributed by atoms with Crippen LogP contribution in [0.15, 0.2) is 65.6 Å². The maximum Gasteiger partial charge on any atom is 0.268 e. The van der Waals surface area contributed by atoms with E-state index >= 15 is 0 Å². The summed E-state index contributed by atoms with van der Waals surface area (Å²) in [6.45, 7) is 7.06. The Morgan fingerprint density at radius 3 is 2.40 bits per heavy atom. The number of hydrogen-bond acceptors (Lipinski definition) is 9. The molecule has 0 amide bonds. The first kappa shape index (κ1) is 28.8. The van der Waals surface area contributed by atoms with Crippen LogP contribution in [0, 0.1) is 24.1 Å². The second kappa shape index (κ2) is 11.4. The van der Waals surface area contributed by atoms with Crippen LogP contribution in [-0.4, -0.2) is 55.6 Å². The summed E-state index contributed by atoms with van der Waals surface area (Å²) in [5.74, 6) is 0.386. The highest BCUT2D eigenvalue weighted by Crippen LogP contribution is 2.42. The number of nitrogens with zero attached hydrogens (tertiary/aromatic N) is 6. The lowest BCUT2D eigenvalue weighted by Gasteiger charge is -2.28. The molecule has 0 spiro atoms. The van der Waals surface area contributed by atoms with E-state index in [0.717, 1.165) is 37.6 Å². The molecule has 0 bridgehead atoms. The summed E-state index contributed by atoms with van der Waals surface area (Å²) in [6, 6.07) is 18.6. The summed E-state index contributed by atoms with van der Waals surface area (Å²) in [6.07, 6.45) is 0.394. The molecule has 1 aliphatic rings. The van der Waals surface area contributed by atoms with E-state index in [9.17, 15) is 18.1 Å². The molecule has 2 aromatic carbocycles. The topological polar surface area (TPSA) is 107 Å². The van der Waals surface area contributed by atoms with Crippen LogP contribution in [0.2, 0.25) is 0 Å². The van der Waals surface area contributed by atoms with Gasteiger partial charge in [0.15, 0.2) is 5.13 Å². The zero-order chi connectivity index (χ0) is 30.3. The Bertz CT molecular complexity index is 1950. The van der Waals surface area contributed by atoms with Crippen LogP contribution in [0.3, 0.4) is 0 Å². The van der Waals surface area contributed by atoms with E-state index in [-0.39, 0.29) is 10.7 Å². The van der Waals surface area contributed by atoms with Crippen LogP contribution >= 0.6 is 11.3 Å². The highest BCUT2D eigenvalue weighted by molar-refractivity contribution is 7.90. The van der Waals surface area contributed by atoms with Crippen molar-refractivity contribution in [2.75, 3.05) is 43.0 Å². The summed E-state index contributed by atoms with van der Waals surface area (Å²) in [4.78, 5) is 14.4. The normalized spacial score (nSPS) is 13.8. The molecule has 5 aromatic rings. The number of nitriles is 1. The Kier molecular flexibility index (Phi) is 7.64. The maximum absolute atomic E-state index is 14.2. The minimum Gasteiger partial charge on any atom is -0.354 e. The number of aryl methyl sites for hydroxylation is 1. The molecule has 1 N–H and O–H groups in total. The number of rotatable bonds is 7. The summed E-state index contributed by atoms with van der Waals surface area (Å²) in [5.41, 5.74) is 4.18. The molecular weight excluding hydrogens is 586 g/mol. The number of nitrogens with one attached hydrogen (secondary N) is 1. The molecule has 0 saturated carbocycles. The number of pyridine rings is 1. The molecule has 0 radical (unpaired) electrons. The molecule has 1 aliphatic heterocycles. The van der Waals surface area contributed by atoms with E-state index in [4.69, 9.17) is 9.97 Å². The van der Waals surface area contributed by atoms with Crippen LogP contribution in [0.1, 0.15) is 23.1 Å². The van der Waals surface area contributed by atoms with Gasteiger partial charge in [0, 0.05) is 38.8 Å². The van der Waals surface area contributed by atoms with Gasteiger partial charge in [-0.1, -0.05) is 36.0 Å². The number of halogens is 1. The number of thiazole rings is 1. The standard InChI is InChI=1S/C31H30FN7O2S2/c1-4-24-30(37(3)31-36-28(26(19-33)42-31)21-7-9-22(32)10-8-21)29-25(13-14-27(35-29)38-17-15-34-16-18-38)39(24)43(40,41)23-11-5-20(2)6-12-23/h5-14,34H,4,15-18H2,1-3H3. The summed E-state index contributed by atoms with van der Waals surface area (Å²) < 4.78 is 43.5. The molecule has 0 atom stereocenters. The molecule has 12 heteroatoms. The third kappa shape index (κ3) is 5.14. The van der Waals surface area contributed by atoms with Gasteiger partial charge in [-0.15, -0.1) is 0 Å². The van der Waals surface area contributed by atoms with E-state index in [1.165, 1.54) is 27.4 Å². The maximum atomic E-state index is 14.2. The Hall–Kier alpha value is -4.31. The van der Waals surface area contributed by atoms with Gasteiger partial charge in [-0.25, -0.2) is 26.7 Å². The lowest BCUT2D eigenvalue weighted by Crippen LogP contribution is -2.43. The number of fused-ring (bicyclic) bond motifs is 1. The van der Waals surface area contributed by atoms with Gasteiger partial charge in [-0.2, -0.15) is 5.26 Å². The molecule has 43 heavy (non-hydrogen) atoms. The van der Waals surface area contributed by atoms with Crippen LogP contribution < -0.4 is 15.1 Å². The van der Waals surface area contributed by atoms with Gasteiger partial charge in [0.25, 0.3) is 10.0 Å². The van der Waals surface area contributed by atoms with E-state index in [2.05, 4.69) is 16.3 Å². The zero-order valence-electron chi connectivity index (χ0n) is 24.0. The first-order valence-electron chi connectivity index (χ1n) is 14.0. The van der Waals surface area contributed by atoms with Crippen LogP contribution in [0.25, 0.3) is 22.3 Å². The molecule has 4 heterocycles. The summed E-state index contributed by atoms with van der Waals surface area (Å²) >= 11 is 1.19. The Balaban J connectivity index is 1.57. The molecule has 0 unspecified atom stereocenters. The predicted octanol–water partition coefficient (Wildman–Crippen LogP) is 5.46. The van der Waals surface area contributed by atoms with Crippen molar-refractivity contribution in [1.82, 2.24) is 19.3 Å². The Morgan fingerprint density at radius 1 is 1.05 bits per heavy atom.